The second-order valence-electron chi connectivity index (χ2n) is 8.45. The van der Waals surface area contributed by atoms with Crippen LogP contribution >= 0.6 is 0 Å². The maximum Gasteiger partial charge on any atom is 0.387 e. The molecule has 8 heteroatoms. The van der Waals surface area contributed by atoms with Crippen LogP contribution in [0, 0.1) is 6.92 Å². The van der Waals surface area contributed by atoms with Gasteiger partial charge in [-0.25, -0.2) is 9.97 Å². The summed E-state index contributed by atoms with van der Waals surface area (Å²) in [6, 6.07) is 12.7. The number of ether oxygens (including phenoxy) is 1. The van der Waals surface area contributed by atoms with E-state index in [-0.39, 0.29) is 5.75 Å². The maximum absolute atomic E-state index is 12.3. The number of benzene rings is 2. The third kappa shape index (κ3) is 4.50. The Labute approximate surface area is 185 Å². The molecule has 32 heavy (non-hydrogen) atoms. The number of hydrogen-bond acceptors (Lipinski definition) is 6. The van der Waals surface area contributed by atoms with E-state index < -0.39 is 6.61 Å². The molecule has 1 saturated carbocycles. The Bertz CT molecular complexity index is 1080. The minimum absolute atomic E-state index is 0.121. The van der Waals surface area contributed by atoms with Gasteiger partial charge in [0.1, 0.15) is 5.75 Å². The summed E-state index contributed by atoms with van der Waals surface area (Å²) in [5.74, 6) is 0.621. The minimum Gasteiger partial charge on any atom is -0.435 e. The van der Waals surface area contributed by atoms with Crippen LogP contribution < -0.4 is 20.3 Å². The lowest BCUT2D eigenvalue weighted by atomic mass is 10.1. The van der Waals surface area contributed by atoms with Crippen molar-refractivity contribution in [3.05, 3.63) is 60.4 Å². The third-order valence-electron chi connectivity index (χ3n) is 6.10. The normalized spacial score (nSPS) is 16.9. The fourth-order valence-corrected chi connectivity index (χ4v) is 4.18. The fraction of sp³-hybridized carbons (Fsp3) is 0.333. The molecule has 1 spiro atoms. The molecule has 0 atom stereocenters. The minimum atomic E-state index is -2.83. The van der Waals surface area contributed by atoms with Crippen molar-refractivity contribution in [2.75, 3.05) is 29.9 Å². The summed E-state index contributed by atoms with van der Waals surface area (Å²) in [7, 11) is 0. The summed E-state index contributed by atoms with van der Waals surface area (Å²) in [6.07, 6.45) is 5.92. The van der Waals surface area contributed by atoms with E-state index in [0.717, 1.165) is 36.4 Å². The second-order valence-corrected chi connectivity index (χ2v) is 8.45. The van der Waals surface area contributed by atoms with Crippen molar-refractivity contribution in [3.63, 3.8) is 0 Å². The zero-order valence-corrected chi connectivity index (χ0v) is 17.8. The predicted octanol–water partition coefficient (Wildman–Crippen LogP) is 4.74. The molecule has 166 valence electrons. The van der Waals surface area contributed by atoms with Crippen LogP contribution in [0.3, 0.4) is 0 Å². The summed E-state index contributed by atoms with van der Waals surface area (Å²) in [5, 5.41) is 6.94. The van der Waals surface area contributed by atoms with Crippen LogP contribution in [-0.2, 0) is 0 Å². The molecule has 2 fully saturated rings. The van der Waals surface area contributed by atoms with Gasteiger partial charge in [-0.1, -0.05) is 18.2 Å². The Morgan fingerprint density at radius 2 is 1.81 bits per heavy atom. The van der Waals surface area contributed by atoms with Crippen LogP contribution in [0.2, 0.25) is 0 Å². The van der Waals surface area contributed by atoms with E-state index in [4.69, 9.17) is 0 Å². The largest absolute Gasteiger partial charge is 0.435 e. The summed E-state index contributed by atoms with van der Waals surface area (Å²) >= 11 is 0. The van der Waals surface area contributed by atoms with Crippen molar-refractivity contribution >= 4 is 17.3 Å². The maximum atomic E-state index is 12.3. The standard InChI is InChI=1S/C24H25F2N5O/c1-16-2-5-19(12-21(16)31-11-10-29-24(15-31)8-9-24)30-23-27-13-18(14-28-23)17-3-6-20(7-4-17)32-22(25)26/h2-7,12-14,22,29H,8-11,15H2,1H3,(H,27,28,30). The van der Waals surface area contributed by atoms with E-state index in [2.05, 4.69) is 49.3 Å². The number of aryl methyl sites for hydroxylation is 1. The fourth-order valence-electron chi connectivity index (χ4n) is 4.18. The van der Waals surface area contributed by atoms with Crippen LogP contribution in [0.4, 0.5) is 26.1 Å². The number of anilines is 3. The van der Waals surface area contributed by atoms with Crippen LogP contribution in [0.1, 0.15) is 18.4 Å². The van der Waals surface area contributed by atoms with Crippen molar-refractivity contribution in [1.82, 2.24) is 15.3 Å². The molecule has 2 aromatic carbocycles. The lowest BCUT2D eigenvalue weighted by Crippen LogP contribution is -2.52. The Hall–Kier alpha value is -3.26. The summed E-state index contributed by atoms with van der Waals surface area (Å²) in [4.78, 5) is 11.3. The summed E-state index contributed by atoms with van der Waals surface area (Å²) in [5.41, 5.74) is 5.36. The molecule has 0 unspecified atom stereocenters. The van der Waals surface area contributed by atoms with E-state index >= 15 is 0 Å². The number of aromatic nitrogens is 2. The molecule has 6 nitrogen and oxygen atoms in total. The Morgan fingerprint density at radius 3 is 2.50 bits per heavy atom. The molecule has 2 aliphatic rings. The first-order valence-corrected chi connectivity index (χ1v) is 10.7. The SMILES string of the molecule is Cc1ccc(Nc2ncc(-c3ccc(OC(F)F)cc3)cn2)cc1N1CCNC2(CC2)C1. The smallest absolute Gasteiger partial charge is 0.387 e. The Kier molecular flexibility index (Phi) is 5.38. The van der Waals surface area contributed by atoms with Gasteiger partial charge in [0.2, 0.25) is 5.95 Å². The number of alkyl halides is 2. The average molecular weight is 437 g/mol. The molecule has 1 aliphatic carbocycles. The zero-order valence-electron chi connectivity index (χ0n) is 17.8. The van der Waals surface area contributed by atoms with Crippen molar-refractivity contribution in [1.29, 1.82) is 0 Å². The highest BCUT2D eigenvalue weighted by Crippen LogP contribution is 2.39. The molecule has 5 rings (SSSR count). The van der Waals surface area contributed by atoms with Gasteiger partial charge in [0.05, 0.1) is 0 Å². The molecule has 0 amide bonds. The van der Waals surface area contributed by atoms with E-state index in [9.17, 15) is 8.78 Å². The molecular weight excluding hydrogens is 412 g/mol. The van der Waals surface area contributed by atoms with Gasteiger partial charge in [0.25, 0.3) is 0 Å². The van der Waals surface area contributed by atoms with Gasteiger partial charge < -0.3 is 20.3 Å². The lowest BCUT2D eigenvalue weighted by molar-refractivity contribution is -0.0498. The number of rotatable bonds is 6. The number of halogens is 2. The topological polar surface area (TPSA) is 62.3 Å². The van der Waals surface area contributed by atoms with Gasteiger partial charge in [0, 0.05) is 54.5 Å². The molecule has 2 heterocycles. The van der Waals surface area contributed by atoms with Crippen LogP contribution in [0.15, 0.2) is 54.9 Å². The highest BCUT2D eigenvalue weighted by Gasteiger charge is 2.45. The Balaban J connectivity index is 1.28. The number of nitrogens with one attached hydrogen (secondary N) is 2. The Morgan fingerprint density at radius 1 is 1.06 bits per heavy atom. The zero-order chi connectivity index (χ0) is 22.1. The van der Waals surface area contributed by atoms with Crippen molar-refractivity contribution < 1.29 is 13.5 Å². The number of nitrogens with zero attached hydrogens (tertiary/aromatic N) is 3. The van der Waals surface area contributed by atoms with Crippen LogP contribution in [-0.4, -0.2) is 41.8 Å². The third-order valence-corrected chi connectivity index (χ3v) is 6.10. The van der Waals surface area contributed by atoms with Gasteiger partial charge in [-0.2, -0.15) is 8.78 Å². The molecule has 0 bridgehead atoms. The molecule has 0 radical (unpaired) electrons. The molecular formula is C24H25F2N5O. The molecule has 1 aliphatic heterocycles. The molecule has 2 N–H and O–H groups in total. The van der Waals surface area contributed by atoms with Crippen molar-refractivity contribution in [2.45, 2.75) is 31.9 Å². The van der Waals surface area contributed by atoms with Crippen LogP contribution in [0.25, 0.3) is 11.1 Å². The number of piperazine rings is 1. The van der Waals surface area contributed by atoms with E-state index in [1.54, 1.807) is 24.5 Å². The van der Waals surface area contributed by atoms with Gasteiger partial charge in [-0.15, -0.1) is 0 Å². The van der Waals surface area contributed by atoms with E-state index in [1.807, 2.05) is 6.07 Å². The monoisotopic (exact) mass is 437 g/mol. The van der Waals surface area contributed by atoms with Gasteiger partial charge >= 0.3 is 6.61 Å². The van der Waals surface area contributed by atoms with Gasteiger partial charge in [0.15, 0.2) is 0 Å². The molecule has 3 aromatic rings. The first-order valence-electron chi connectivity index (χ1n) is 10.7. The number of hydrogen-bond donors (Lipinski definition) is 2. The summed E-state index contributed by atoms with van der Waals surface area (Å²) in [6.45, 7) is 2.36. The first kappa shape index (κ1) is 20.6. The second kappa shape index (κ2) is 8.35. The first-order chi connectivity index (χ1) is 15.5. The van der Waals surface area contributed by atoms with Crippen LogP contribution in [0.5, 0.6) is 5.75 Å². The highest BCUT2D eigenvalue weighted by molar-refractivity contribution is 5.67. The molecule has 1 saturated heterocycles. The predicted molar refractivity (Wildman–Crippen MR) is 121 cm³/mol. The van der Waals surface area contributed by atoms with Crippen molar-refractivity contribution in [2.24, 2.45) is 0 Å². The van der Waals surface area contributed by atoms with Gasteiger partial charge in [-0.05, 0) is 55.2 Å². The van der Waals surface area contributed by atoms with Gasteiger partial charge in [-0.3, -0.25) is 0 Å². The lowest BCUT2D eigenvalue weighted by Gasteiger charge is -2.36. The summed E-state index contributed by atoms with van der Waals surface area (Å²) < 4.78 is 29.0. The highest BCUT2D eigenvalue weighted by atomic mass is 19.3. The average Bonchev–Trinajstić information content (AvgIpc) is 3.54. The van der Waals surface area contributed by atoms with E-state index in [1.165, 1.54) is 36.2 Å². The quantitative estimate of drug-likeness (QED) is 0.581. The van der Waals surface area contributed by atoms with Crippen molar-refractivity contribution in [3.8, 4) is 16.9 Å². The van der Waals surface area contributed by atoms with E-state index in [0.29, 0.717) is 11.5 Å². The molecule has 1 aromatic heterocycles.